The van der Waals surface area contributed by atoms with Gasteiger partial charge in [0, 0.05) is 18.1 Å². The highest BCUT2D eigenvalue weighted by molar-refractivity contribution is 7.89. The molecule has 1 aromatic rings. The van der Waals surface area contributed by atoms with E-state index in [1.165, 1.54) is 6.07 Å². The van der Waals surface area contributed by atoms with E-state index in [2.05, 4.69) is 10.0 Å². The zero-order valence-electron chi connectivity index (χ0n) is 9.33. The zero-order chi connectivity index (χ0) is 12.9. The fourth-order valence-corrected chi connectivity index (χ4v) is 2.59. The van der Waals surface area contributed by atoms with Gasteiger partial charge in [-0.05, 0) is 24.7 Å². The molecular weight excluding hydrogens is 267 g/mol. The third kappa shape index (κ3) is 4.59. The average Bonchev–Trinajstić information content (AvgIpc) is 2.23. The van der Waals surface area contributed by atoms with Crippen molar-refractivity contribution in [3.05, 3.63) is 29.0 Å². The highest BCUT2D eigenvalue weighted by Crippen LogP contribution is 2.17. The van der Waals surface area contributed by atoms with Crippen LogP contribution in [0.3, 0.4) is 0 Å². The highest BCUT2D eigenvalue weighted by atomic mass is 35.5. The van der Waals surface area contributed by atoms with Crippen LogP contribution in [0.4, 0.5) is 4.39 Å². The Morgan fingerprint density at radius 3 is 2.59 bits per heavy atom. The average molecular weight is 281 g/mol. The Balaban J connectivity index is 2.75. The number of likely N-dealkylation sites (N-methyl/N-ethyl adjacent to an activating group) is 1. The molecule has 0 aliphatic heterocycles. The zero-order valence-corrected chi connectivity index (χ0v) is 10.9. The van der Waals surface area contributed by atoms with Crippen LogP contribution in [-0.4, -0.2) is 28.1 Å². The van der Waals surface area contributed by atoms with Crippen LogP contribution < -0.4 is 10.0 Å². The highest BCUT2D eigenvalue weighted by Gasteiger charge is 2.14. The molecule has 1 rings (SSSR count). The molecule has 4 nitrogen and oxygen atoms in total. The summed E-state index contributed by atoms with van der Waals surface area (Å²) >= 11 is 5.60. The van der Waals surface area contributed by atoms with Crippen molar-refractivity contribution in [1.82, 2.24) is 10.0 Å². The number of nitrogens with one attached hydrogen (secondary N) is 2. The molecule has 0 aliphatic carbocycles. The SMILES string of the molecule is CCNCCNS(=O)(=O)c1cc(F)cc(Cl)c1. The first-order chi connectivity index (χ1) is 7.95. The minimum Gasteiger partial charge on any atom is -0.316 e. The lowest BCUT2D eigenvalue weighted by molar-refractivity contribution is 0.574. The summed E-state index contributed by atoms with van der Waals surface area (Å²) in [5.41, 5.74) is 0. The third-order valence-electron chi connectivity index (χ3n) is 1.99. The van der Waals surface area contributed by atoms with Gasteiger partial charge in [-0.3, -0.25) is 0 Å². The van der Waals surface area contributed by atoms with Crippen LogP contribution in [-0.2, 0) is 10.0 Å². The van der Waals surface area contributed by atoms with Crippen molar-refractivity contribution in [1.29, 1.82) is 0 Å². The summed E-state index contributed by atoms with van der Waals surface area (Å²) < 4.78 is 38.8. The lowest BCUT2D eigenvalue weighted by Crippen LogP contribution is -2.31. The largest absolute Gasteiger partial charge is 0.316 e. The number of hydrogen-bond donors (Lipinski definition) is 2. The van der Waals surface area contributed by atoms with E-state index in [0.717, 1.165) is 18.7 Å². The van der Waals surface area contributed by atoms with Crippen molar-refractivity contribution in [3.8, 4) is 0 Å². The van der Waals surface area contributed by atoms with Gasteiger partial charge in [0.2, 0.25) is 10.0 Å². The van der Waals surface area contributed by atoms with Crippen LogP contribution in [0.2, 0.25) is 5.02 Å². The molecule has 0 saturated carbocycles. The van der Waals surface area contributed by atoms with Gasteiger partial charge in [-0.2, -0.15) is 0 Å². The Kier molecular flexibility index (Phi) is 5.32. The Morgan fingerprint density at radius 1 is 1.29 bits per heavy atom. The summed E-state index contributed by atoms with van der Waals surface area (Å²) in [4.78, 5) is -0.168. The maximum atomic E-state index is 13.0. The second-order valence-corrected chi connectivity index (χ2v) is 5.56. The van der Waals surface area contributed by atoms with Crippen molar-refractivity contribution in [2.45, 2.75) is 11.8 Å². The lowest BCUT2D eigenvalue weighted by Gasteiger charge is -2.07. The van der Waals surface area contributed by atoms with E-state index in [1.54, 1.807) is 0 Å². The van der Waals surface area contributed by atoms with Gasteiger partial charge in [0.1, 0.15) is 5.82 Å². The van der Waals surface area contributed by atoms with Gasteiger partial charge in [0.15, 0.2) is 0 Å². The molecule has 1 aromatic carbocycles. The van der Waals surface area contributed by atoms with Crippen LogP contribution >= 0.6 is 11.6 Å². The van der Waals surface area contributed by atoms with E-state index in [4.69, 9.17) is 11.6 Å². The van der Waals surface area contributed by atoms with Gasteiger partial charge in [0.25, 0.3) is 0 Å². The summed E-state index contributed by atoms with van der Waals surface area (Å²) in [7, 11) is -3.70. The molecule has 0 unspecified atom stereocenters. The minimum absolute atomic E-state index is 0.0528. The molecule has 17 heavy (non-hydrogen) atoms. The minimum atomic E-state index is -3.70. The van der Waals surface area contributed by atoms with Crippen molar-refractivity contribution in [2.24, 2.45) is 0 Å². The maximum absolute atomic E-state index is 13.0. The molecular formula is C10H14ClFN2O2S. The second-order valence-electron chi connectivity index (χ2n) is 3.36. The van der Waals surface area contributed by atoms with Crippen LogP contribution in [0.1, 0.15) is 6.92 Å². The van der Waals surface area contributed by atoms with Crippen molar-refractivity contribution in [2.75, 3.05) is 19.6 Å². The number of rotatable bonds is 6. The van der Waals surface area contributed by atoms with E-state index < -0.39 is 15.8 Å². The van der Waals surface area contributed by atoms with Gasteiger partial charge in [0.05, 0.1) is 4.90 Å². The molecule has 0 saturated heterocycles. The summed E-state index contributed by atoms with van der Waals surface area (Å²) in [6.07, 6.45) is 0. The Morgan fingerprint density at radius 2 is 2.00 bits per heavy atom. The lowest BCUT2D eigenvalue weighted by atomic mass is 10.3. The van der Waals surface area contributed by atoms with E-state index in [9.17, 15) is 12.8 Å². The van der Waals surface area contributed by atoms with Crippen LogP contribution in [0, 0.1) is 5.82 Å². The molecule has 0 bridgehead atoms. The van der Waals surface area contributed by atoms with Gasteiger partial charge in [-0.15, -0.1) is 0 Å². The normalized spacial score (nSPS) is 11.7. The predicted octanol–water partition coefficient (Wildman–Crippen LogP) is 1.37. The summed E-state index contributed by atoms with van der Waals surface area (Å²) in [5, 5.41) is 3.02. The van der Waals surface area contributed by atoms with Gasteiger partial charge >= 0.3 is 0 Å². The first-order valence-corrected chi connectivity index (χ1v) is 6.98. The predicted molar refractivity (Wildman–Crippen MR) is 65.1 cm³/mol. The van der Waals surface area contributed by atoms with Crippen LogP contribution in [0.25, 0.3) is 0 Å². The molecule has 0 spiro atoms. The Bertz CT molecular complexity index is 459. The Hall–Kier alpha value is -0.690. The number of halogens is 2. The fraction of sp³-hybridized carbons (Fsp3) is 0.400. The molecule has 0 aromatic heterocycles. The number of sulfonamides is 1. The molecule has 7 heteroatoms. The van der Waals surface area contributed by atoms with Gasteiger partial charge < -0.3 is 5.32 Å². The van der Waals surface area contributed by atoms with Crippen molar-refractivity contribution >= 4 is 21.6 Å². The van der Waals surface area contributed by atoms with E-state index in [-0.39, 0.29) is 16.5 Å². The third-order valence-corrected chi connectivity index (χ3v) is 3.65. The first-order valence-electron chi connectivity index (χ1n) is 5.12. The second kappa shape index (κ2) is 6.30. The first kappa shape index (κ1) is 14.4. The van der Waals surface area contributed by atoms with Gasteiger partial charge in [-0.25, -0.2) is 17.5 Å². The van der Waals surface area contributed by atoms with Crippen LogP contribution in [0.15, 0.2) is 23.1 Å². The number of benzene rings is 1. The molecule has 0 fully saturated rings. The summed E-state index contributed by atoms with van der Waals surface area (Å²) in [5.74, 6) is -0.676. The standard InChI is InChI=1S/C10H14ClFN2O2S/c1-2-13-3-4-14-17(15,16)10-6-8(11)5-9(12)7-10/h5-7,13-14H,2-4H2,1H3. The van der Waals surface area contributed by atoms with E-state index in [0.29, 0.717) is 6.54 Å². The van der Waals surface area contributed by atoms with E-state index >= 15 is 0 Å². The smallest absolute Gasteiger partial charge is 0.240 e. The Labute approximate surface area is 105 Å². The topological polar surface area (TPSA) is 58.2 Å². The summed E-state index contributed by atoms with van der Waals surface area (Å²) in [6, 6.07) is 3.20. The molecule has 96 valence electrons. The molecule has 0 radical (unpaired) electrons. The monoisotopic (exact) mass is 280 g/mol. The number of hydrogen-bond acceptors (Lipinski definition) is 3. The molecule has 0 aliphatic rings. The molecule has 2 N–H and O–H groups in total. The quantitative estimate of drug-likeness (QED) is 0.774. The van der Waals surface area contributed by atoms with Gasteiger partial charge in [-0.1, -0.05) is 18.5 Å². The van der Waals surface area contributed by atoms with E-state index in [1.807, 2.05) is 6.92 Å². The molecule has 0 heterocycles. The summed E-state index contributed by atoms with van der Waals surface area (Å²) in [6.45, 7) is 3.43. The van der Waals surface area contributed by atoms with Crippen LogP contribution in [0.5, 0.6) is 0 Å². The van der Waals surface area contributed by atoms with Crippen molar-refractivity contribution in [3.63, 3.8) is 0 Å². The fourth-order valence-electron chi connectivity index (χ4n) is 1.22. The molecule has 0 atom stereocenters. The molecule has 0 amide bonds. The maximum Gasteiger partial charge on any atom is 0.240 e. The van der Waals surface area contributed by atoms with Crippen molar-refractivity contribution < 1.29 is 12.8 Å².